The zero-order valence-electron chi connectivity index (χ0n) is 17.8. The molecule has 0 radical (unpaired) electrons. The number of aliphatic imine (C=N–C) groups is 1. The number of hydrogen-bond donors (Lipinski definition) is 1. The van der Waals surface area contributed by atoms with E-state index in [1.54, 1.807) is 27.8 Å². The number of likely N-dealkylation sites (tertiary alicyclic amines) is 1. The Kier molecular flexibility index (Phi) is 11.0. The first-order valence-electron chi connectivity index (χ1n) is 10.1. The number of rotatable bonds is 6. The predicted molar refractivity (Wildman–Crippen MR) is 124 cm³/mol. The molecule has 9 heteroatoms. The van der Waals surface area contributed by atoms with Crippen molar-refractivity contribution in [3.63, 3.8) is 0 Å². The molecule has 2 aliphatic heterocycles. The van der Waals surface area contributed by atoms with E-state index in [-0.39, 0.29) is 41.9 Å². The first-order valence-corrected chi connectivity index (χ1v) is 11.8. The third-order valence-corrected chi connectivity index (χ3v) is 7.94. The molecular formula is C19H38IN3O4S. The maximum atomic E-state index is 12.2. The second-order valence-electron chi connectivity index (χ2n) is 8.41. The lowest BCUT2D eigenvalue weighted by Crippen LogP contribution is -2.48. The molecular weight excluding hydrogens is 493 g/mol. The summed E-state index contributed by atoms with van der Waals surface area (Å²) in [7, 11) is -1.39. The molecule has 2 saturated heterocycles. The van der Waals surface area contributed by atoms with E-state index in [0.717, 1.165) is 51.3 Å². The Hall–Kier alpha value is -0.130. The highest BCUT2D eigenvalue weighted by Crippen LogP contribution is 2.18. The van der Waals surface area contributed by atoms with Crippen LogP contribution in [-0.4, -0.2) is 81.9 Å². The van der Waals surface area contributed by atoms with Crippen LogP contribution in [0.2, 0.25) is 0 Å². The summed E-state index contributed by atoms with van der Waals surface area (Å²) in [5, 5.41) is 3.20. The maximum Gasteiger partial charge on any atom is 0.193 e. The van der Waals surface area contributed by atoms with Gasteiger partial charge < -0.3 is 19.7 Å². The minimum Gasteiger partial charge on any atom is -0.376 e. The van der Waals surface area contributed by atoms with Gasteiger partial charge in [-0.3, -0.25) is 4.99 Å². The largest absolute Gasteiger partial charge is 0.376 e. The molecule has 0 saturated carbocycles. The molecule has 1 N–H and O–H groups in total. The summed E-state index contributed by atoms with van der Waals surface area (Å²) < 4.78 is 35.5. The SMILES string of the molecule is CN=C(NCCS(=O)(=O)C(C)(C)C)N1CCC(OCC2CCCCO2)CC1.I. The molecule has 1 unspecified atom stereocenters. The zero-order chi connectivity index (χ0) is 19.9. The Labute approximate surface area is 187 Å². The molecule has 0 spiro atoms. The zero-order valence-corrected chi connectivity index (χ0v) is 20.9. The van der Waals surface area contributed by atoms with Crippen LogP contribution in [0, 0.1) is 0 Å². The lowest BCUT2D eigenvalue weighted by molar-refractivity contribution is -0.0721. The monoisotopic (exact) mass is 531 g/mol. The average molecular weight is 532 g/mol. The molecule has 0 aliphatic carbocycles. The lowest BCUT2D eigenvalue weighted by atomic mass is 10.1. The van der Waals surface area contributed by atoms with Gasteiger partial charge in [0.15, 0.2) is 15.8 Å². The molecule has 0 aromatic rings. The topological polar surface area (TPSA) is 80.2 Å². The van der Waals surface area contributed by atoms with Crippen molar-refractivity contribution in [1.82, 2.24) is 10.2 Å². The highest BCUT2D eigenvalue weighted by molar-refractivity contribution is 14.0. The molecule has 2 heterocycles. The van der Waals surface area contributed by atoms with Crippen molar-refractivity contribution >= 4 is 39.8 Å². The molecule has 0 bridgehead atoms. The highest BCUT2D eigenvalue weighted by Gasteiger charge is 2.29. The maximum absolute atomic E-state index is 12.2. The third-order valence-electron chi connectivity index (χ3n) is 5.33. The second-order valence-corrected chi connectivity index (χ2v) is 11.3. The van der Waals surface area contributed by atoms with E-state index in [9.17, 15) is 8.42 Å². The van der Waals surface area contributed by atoms with E-state index in [2.05, 4.69) is 15.2 Å². The number of piperidine rings is 1. The first-order chi connectivity index (χ1) is 12.7. The van der Waals surface area contributed by atoms with Crippen LogP contribution in [0.15, 0.2) is 4.99 Å². The van der Waals surface area contributed by atoms with Crippen LogP contribution in [-0.2, 0) is 19.3 Å². The summed E-state index contributed by atoms with van der Waals surface area (Å²) in [5.74, 6) is 0.879. The number of nitrogens with one attached hydrogen (secondary N) is 1. The fraction of sp³-hybridized carbons (Fsp3) is 0.947. The van der Waals surface area contributed by atoms with E-state index in [0.29, 0.717) is 13.2 Å². The number of sulfone groups is 1. The van der Waals surface area contributed by atoms with Gasteiger partial charge >= 0.3 is 0 Å². The summed E-state index contributed by atoms with van der Waals surface area (Å²) >= 11 is 0. The fourth-order valence-corrected chi connectivity index (χ4v) is 4.34. The van der Waals surface area contributed by atoms with Crippen molar-refractivity contribution in [3.8, 4) is 0 Å². The van der Waals surface area contributed by atoms with Crippen molar-refractivity contribution in [1.29, 1.82) is 0 Å². The molecule has 7 nitrogen and oxygen atoms in total. The van der Waals surface area contributed by atoms with Gasteiger partial charge in [-0.2, -0.15) is 0 Å². The minimum atomic E-state index is -3.13. The van der Waals surface area contributed by atoms with Gasteiger partial charge in [-0.05, 0) is 52.9 Å². The van der Waals surface area contributed by atoms with Gasteiger partial charge in [0.1, 0.15) is 0 Å². The Morgan fingerprint density at radius 1 is 1.21 bits per heavy atom. The molecule has 2 fully saturated rings. The molecule has 0 aromatic carbocycles. The Morgan fingerprint density at radius 2 is 1.89 bits per heavy atom. The van der Waals surface area contributed by atoms with Crippen LogP contribution in [0.1, 0.15) is 52.9 Å². The number of nitrogens with zero attached hydrogens (tertiary/aromatic N) is 2. The van der Waals surface area contributed by atoms with Crippen molar-refractivity contribution in [3.05, 3.63) is 0 Å². The molecule has 2 rings (SSSR count). The van der Waals surface area contributed by atoms with E-state index in [1.165, 1.54) is 6.42 Å². The van der Waals surface area contributed by atoms with E-state index in [1.807, 2.05) is 0 Å². The summed E-state index contributed by atoms with van der Waals surface area (Å²) in [5.41, 5.74) is 0. The van der Waals surface area contributed by atoms with Crippen LogP contribution >= 0.6 is 24.0 Å². The third kappa shape index (κ3) is 7.95. The van der Waals surface area contributed by atoms with E-state index >= 15 is 0 Å². The van der Waals surface area contributed by atoms with Gasteiger partial charge in [0.05, 0.1) is 29.3 Å². The Balaban J connectivity index is 0.00000392. The Morgan fingerprint density at radius 3 is 2.43 bits per heavy atom. The molecule has 0 aromatic heterocycles. The normalized spacial score (nSPS) is 22.6. The van der Waals surface area contributed by atoms with Crippen LogP contribution in [0.4, 0.5) is 0 Å². The number of halogens is 1. The van der Waals surface area contributed by atoms with Gasteiger partial charge in [0.25, 0.3) is 0 Å². The fourth-order valence-electron chi connectivity index (χ4n) is 3.35. The second kappa shape index (κ2) is 11.9. The summed E-state index contributed by atoms with van der Waals surface area (Å²) in [6, 6.07) is 0. The van der Waals surface area contributed by atoms with Crippen LogP contribution in [0.5, 0.6) is 0 Å². The summed E-state index contributed by atoms with van der Waals surface area (Å²) in [6.45, 7) is 8.87. The number of hydrogen-bond acceptors (Lipinski definition) is 5. The smallest absolute Gasteiger partial charge is 0.193 e. The van der Waals surface area contributed by atoms with Crippen molar-refractivity contribution in [2.45, 2.75) is 69.8 Å². The predicted octanol–water partition coefficient (Wildman–Crippen LogP) is 2.44. The van der Waals surface area contributed by atoms with Crippen molar-refractivity contribution in [2.75, 3.05) is 45.6 Å². The molecule has 1 atom stereocenters. The van der Waals surface area contributed by atoms with Gasteiger partial charge in [0.2, 0.25) is 0 Å². The summed E-state index contributed by atoms with van der Waals surface area (Å²) in [6.07, 6.45) is 5.94. The molecule has 166 valence electrons. The van der Waals surface area contributed by atoms with Crippen molar-refractivity contribution < 1.29 is 17.9 Å². The standard InChI is InChI=1S/C19H37N3O4S.HI/c1-19(2,3)27(23,24)14-10-21-18(20-4)22-11-8-16(9-12-22)26-15-17-7-5-6-13-25-17;/h16-17H,5-15H2,1-4H3,(H,20,21);1H. The van der Waals surface area contributed by atoms with Crippen LogP contribution in [0.25, 0.3) is 0 Å². The van der Waals surface area contributed by atoms with Crippen molar-refractivity contribution in [2.24, 2.45) is 4.99 Å². The van der Waals surface area contributed by atoms with E-state index in [4.69, 9.17) is 9.47 Å². The van der Waals surface area contributed by atoms with Gasteiger partial charge in [0, 0.05) is 33.3 Å². The van der Waals surface area contributed by atoms with E-state index < -0.39 is 14.6 Å². The number of guanidine groups is 1. The average Bonchev–Trinajstić information content (AvgIpc) is 2.64. The van der Waals surface area contributed by atoms with Crippen LogP contribution in [0.3, 0.4) is 0 Å². The quantitative estimate of drug-likeness (QED) is 0.322. The van der Waals surface area contributed by atoms with Gasteiger partial charge in [-0.25, -0.2) is 8.42 Å². The summed E-state index contributed by atoms with van der Waals surface area (Å²) in [4.78, 5) is 6.49. The molecule has 2 aliphatic rings. The van der Waals surface area contributed by atoms with Crippen LogP contribution < -0.4 is 5.32 Å². The number of ether oxygens (including phenoxy) is 2. The first kappa shape index (κ1) is 25.9. The highest BCUT2D eigenvalue weighted by atomic mass is 127. The molecule has 28 heavy (non-hydrogen) atoms. The minimum absolute atomic E-state index is 0. The lowest BCUT2D eigenvalue weighted by Gasteiger charge is -2.35. The van der Waals surface area contributed by atoms with Gasteiger partial charge in [-0.15, -0.1) is 24.0 Å². The van der Waals surface area contributed by atoms with Gasteiger partial charge in [-0.1, -0.05) is 0 Å². The molecule has 0 amide bonds. The Bertz CT molecular complexity index is 578.